The number of aliphatic hydroxyl groups is 1. The highest BCUT2D eigenvalue weighted by molar-refractivity contribution is 9.10. The van der Waals surface area contributed by atoms with E-state index in [2.05, 4.69) is 15.9 Å². The van der Waals surface area contributed by atoms with Crippen LogP contribution in [-0.2, 0) is 0 Å². The van der Waals surface area contributed by atoms with Gasteiger partial charge in [0.2, 0.25) is 0 Å². The molecular formula is C15H15BrO4S. The first-order chi connectivity index (χ1) is 10.2. The quantitative estimate of drug-likeness (QED) is 0.893. The van der Waals surface area contributed by atoms with Crippen molar-refractivity contribution >= 4 is 27.3 Å². The lowest BCUT2D eigenvalue weighted by atomic mass is 10.1. The van der Waals surface area contributed by atoms with Crippen LogP contribution < -0.4 is 14.2 Å². The smallest absolute Gasteiger partial charge is 0.162 e. The molecular weight excluding hydrogens is 356 g/mol. The van der Waals surface area contributed by atoms with Gasteiger partial charge in [-0.3, -0.25) is 0 Å². The Morgan fingerprint density at radius 1 is 1.29 bits per heavy atom. The van der Waals surface area contributed by atoms with Crippen LogP contribution in [0.2, 0.25) is 0 Å². The largest absolute Gasteiger partial charge is 0.495 e. The lowest BCUT2D eigenvalue weighted by Crippen LogP contribution is -2.02. The molecule has 1 atom stereocenters. The van der Waals surface area contributed by atoms with Crippen molar-refractivity contribution in [2.45, 2.75) is 12.5 Å². The van der Waals surface area contributed by atoms with E-state index in [4.69, 9.17) is 14.2 Å². The van der Waals surface area contributed by atoms with Gasteiger partial charge in [-0.1, -0.05) is 15.9 Å². The van der Waals surface area contributed by atoms with E-state index in [-0.39, 0.29) is 0 Å². The van der Waals surface area contributed by atoms with Crippen LogP contribution in [0.3, 0.4) is 0 Å². The van der Waals surface area contributed by atoms with Crippen molar-refractivity contribution in [1.82, 2.24) is 0 Å². The highest BCUT2D eigenvalue weighted by Crippen LogP contribution is 2.42. The van der Waals surface area contributed by atoms with Gasteiger partial charge in [0.15, 0.2) is 11.5 Å². The van der Waals surface area contributed by atoms with Crippen LogP contribution in [0.25, 0.3) is 0 Å². The lowest BCUT2D eigenvalue weighted by Gasteiger charge is -2.16. The van der Waals surface area contributed by atoms with E-state index in [0.717, 1.165) is 21.3 Å². The van der Waals surface area contributed by atoms with Crippen molar-refractivity contribution in [1.29, 1.82) is 0 Å². The highest BCUT2D eigenvalue weighted by atomic mass is 79.9. The van der Waals surface area contributed by atoms with Crippen LogP contribution in [0.15, 0.2) is 28.1 Å². The number of benzene rings is 1. The minimum atomic E-state index is -0.772. The number of thiophene rings is 1. The first-order valence-electron chi connectivity index (χ1n) is 6.59. The van der Waals surface area contributed by atoms with Crippen molar-refractivity contribution in [3.8, 4) is 17.2 Å². The lowest BCUT2D eigenvalue weighted by molar-refractivity contribution is 0.217. The summed E-state index contributed by atoms with van der Waals surface area (Å²) in [7, 11) is 1.60. The second-order valence-electron chi connectivity index (χ2n) is 4.63. The summed E-state index contributed by atoms with van der Waals surface area (Å²) in [5.41, 5.74) is 0.736. The maximum atomic E-state index is 10.6. The van der Waals surface area contributed by atoms with Crippen molar-refractivity contribution in [3.63, 3.8) is 0 Å². The van der Waals surface area contributed by atoms with Gasteiger partial charge >= 0.3 is 0 Å². The van der Waals surface area contributed by atoms with Gasteiger partial charge in [-0.2, -0.15) is 0 Å². The molecule has 0 saturated carbocycles. The highest BCUT2D eigenvalue weighted by Gasteiger charge is 2.22. The Kier molecular flexibility index (Phi) is 4.37. The normalized spacial score (nSPS) is 15.4. The molecule has 0 amide bonds. The molecule has 1 aliphatic heterocycles. The molecule has 4 nitrogen and oxygen atoms in total. The van der Waals surface area contributed by atoms with Gasteiger partial charge in [0, 0.05) is 16.5 Å². The second kappa shape index (κ2) is 6.25. The monoisotopic (exact) mass is 370 g/mol. The third-order valence-electron chi connectivity index (χ3n) is 3.29. The van der Waals surface area contributed by atoms with E-state index in [0.29, 0.717) is 30.5 Å². The molecule has 1 aromatic heterocycles. The Morgan fingerprint density at radius 2 is 2.00 bits per heavy atom. The first kappa shape index (κ1) is 14.7. The summed E-state index contributed by atoms with van der Waals surface area (Å²) in [5.74, 6) is 2.06. The van der Waals surface area contributed by atoms with Gasteiger partial charge in [0.05, 0.1) is 25.2 Å². The minimum absolute atomic E-state index is 0.618. The Hall–Kier alpha value is -1.24. The fourth-order valence-electron chi connectivity index (χ4n) is 2.23. The van der Waals surface area contributed by atoms with Gasteiger partial charge in [0.1, 0.15) is 11.9 Å². The van der Waals surface area contributed by atoms with Crippen LogP contribution in [0.4, 0.5) is 0 Å². The molecule has 1 N–H and O–H groups in total. The molecule has 0 radical (unpaired) electrons. The van der Waals surface area contributed by atoms with Gasteiger partial charge in [-0.25, -0.2) is 0 Å². The van der Waals surface area contributed by atoms with Crippen LogP contribution >= 0.6 is 27.3 Å². The average Bonchev–Trinajstić information content (AvgIpc) is 2.85. The zero-order chi connectivity index (χ0) is 14.8. The molecule has 0 spiro atoms. The minimum Gasteiger partial charge on any atom is -0.495 e. The van der Waals surface area contributed by atoms with Crippen molar-refractivity contribution < 1.29 is 19.3 Å². The van der Waals surface area contributed by atoms with Gasteiger partial charge in [-0.15, -0.1) is 11.3 Å². The third kappa shape index (κ3) is 2.88. The molecule has 0 bridgehead atoms. The fourth-order valence-corrected chi connectivity index (χ4v) is 3.63. The predicted molar refractivity (Wildman–Crippen MR) is 84.7 cm³/mol. The predicted octanol–water partition coefficient (Wildman–Crippen LogP) is 3.76. The molecule has 1 unspecified atom stereocenters. The number of rotatable bonds is 3. The van der Waals surface area contributed by atoms with E-state index in [1.165, 1.54) is 11.3 Å². The molecule has 6 heteroatoms. The summed E-state index contributed by atoms with van der Waals surface area (Å²) in [6.45, 7) is 1.26. The Morgan fingerprint density at radius 3 is 2.71 bits per heavy atom. The van der Waals surface area contributed by atoms with E-state index < -0.39 is 6.10 Å². The van der Waals surface area contributed by atoms with Crippen LogP contribution in [-0.4, -0.2) is 25.4 Å². The maximum Gasteiger partial charge on any atom is 0.162 e. The standard InChI is InChI=1S/C15H15BrO4S/c1-18-11-3-6-21-15(11)14(17)9-7-12-13(8-10(9)16)20-5-2-4-19-12/h3,6-8,14,17H,2,4-5H2,1H3. The molecule has 0 saturated heterocycles. The summed E-state index contributed by atoms with van der Waals surface area (Å²) in [4.78, 5) is 0.771. The SMILES string of the molecule is COc1ccsc1C(O)c1cc2c(cc1Br)OCCCO2. The number of methoxy groups -OCH3 is 1. The summed E-state index contributed by atoms with van der Waals surface area (Å²) in [6, 6.07) is 5.52. The number of ether oxygens (including phenoxy) is 3. The first-order valence-corrected chi connectivity index (χ1v) is 8.26. The average molecular weight is 371 g/mol. The Balaban J connectivity index is 2.00. The van der Waals surface area contributed by atoms with Crippen LogP contribution in [0, 0.1) is 0 Å². The van der Waals surface area contributed by atoms with Crippen molar-refractivity contribution in [2.24, 2.45) is 0 Å². The van der Waals surface area contributed by atoms with Crippen molar-refractivity contribution in [3.05, 3.63) is 38.5 Å². The maximum absolute atomic E-state index is 10.6. The topological polar surface area (TPSA) is 47.9 Å². The summed E-state index contributed by atoms with van der Waals surface area (Å²) in [5, 5.41) is 12.5. The summed E-state index contributed by atoms with van der Waals surface area (Å²) >= 11 is 4.96. The number of hydrogen-bond acceptors (Lipinski definition) is 5. The summed E-state index contributed by atoms with van der Waals surface area (Å²) < 4.78 is 17.4. The molecule has 2 aromatic rings. The Bertz CT molecular complexity index is 641. The van der Waals surface area contributed by atoms with E-state index in [1.807, 2.05) is 23.6 Å². The number of fused-ring (bicyclic) bond motifs is 1. The van der Waals surface area contributed by atoms with Gasteiger partial charge in [0.25, 0.3) is 0 Å². The fraction of sp³-hybridized carbons (Fsp3) is 0.333. The van der Waals surface area contributed by atoms with E-state index in [9.17, 15) is 5.11 Å². The molecule has 0 fully saturated rings. The van der Waals surface area contributed by atoms with E-state index in [1.54, 1.807) is 7.11 Å². The van der Waals surface area contributed by atoms with Crippen LogP contribution in [0.1, 0.15) is 23.0 Å². The van der Waals surface area contributed by atoms with E-state index >= 15 is 0 Å². The summed E-state index contributed by atoms with van der Waals surface area (Å²) in [6.07, 6.45) is 0.0784. The molecule has 0 aliphatic carbocycles. The third-order valence-corrected chi connectivity index (χ3v) is 4.92. The van der Waals surface area contributed by atoms with Gasteiger partial charge < -0.3 is 19.3 Å². The molecule has 1 aromatic carbocycles. The zero-order valence-corrected chi connectivity index (χ0v) is 13.9. The second-order valence-corrected chi connectivity index (χ2v) is 6.43. The molecule has 3 rings (SSSR count). The zero-order valence-electron chi connectivity index (χ0n) is 11.5. The molecule has 1 aliphatic rings. The Labute approximate surface area is 135 Å². The molecule has 2 heterocycles. The number of halogens is 1. The molecule has 21 heavy (non-hydrogen) atoms. The van der Waals surface area contributed by atoms with Crippen molar-refractivity contribution in [2.75, 3.05) is 20.3 Å². The number of aliphatic hydroxyl groups excluding tert-OH is 1. The van der Waals surface area contributed by atoms with Gasteiger partial charge in [-0.05, 0) is 23.6 Å². The number of hydrogen-bond donors (Lipinski definition) is 1. The molecule has 112 valence electrons. The van der Waals surface area contributed by atoms with Crippen LogP contribution in [0.5, 0.6) is 17.2 Å².